The average Bonchev–Trinajstić information content (AvgIpc) is 3.03. The lowest BCUT2D eigenvalue weighted by Crippen LogP contribution is -2.33. The van der Waals surface area contributed by atoms with Gasteiger partial charge in [0.15, 0.2) is 5.13 Å². The summed E-state index contributed by atoms with van der Waals surface area (Å²) in [6.07, 6.45) is 3.50. The van der Waals surface area contributed by atoms with Crippen molar-refractivity contribution in [3.05, 3.63) is 41.0 Å². The second-order valence-corrected chi connectivity index (χ2v) is 7.31. The summed E-state index contributed by atoms with van der Waals surface area (Å²) in [5.41, 5.74) is 0.996. The van der Waals surface area contributed by atoms with Crippen LogP contribution in [0.1, 0.15) is 23.4 Å². The van der Waals surface area contributed by atoms with Crippen LogP contribution in [0, 0.1) is 6.92 Å². The average molecular weight is 332 g/mol. The summed E-state index contributed by atoms with van der Waals surface area (Å²) in [6.45, 7) is 4.03. The van der Waals surface area contributed by atoms with E-state index >= 15 is 0 Å². The van der Waals surface area contributed by atoms with Crippen molar-refractivity contribution in [3.8, 4) is 0 Å². The van der Waals surface area contributed by atoms with Crippen molar-refractivity contribution >= 4 is 43.4 Å². The van der Waals surface area contributed by atoms with Crippen molar-refractivity contribution in [3.63, 3.8) is 0 Å². The van der Waals surface area contributed by atoms with E-state index in [0.717, 1.165) is 15.1 Å². The van der Waals surface area contributed by atoms with Crippen LogP contribution in [-0.4, -0.2) is 27.9 Å². The smallest absolute Gasteiger partial charge is 0.321 e. The highest BCUT2D eigenvalue weighted by molar-refractivity contribution is 7.29. The molecule has 0 aliphatic rings. The predicted octanol–water partition coefficient (Wildman–Crippen LogP) is 4.29. The molecule has 1 atom stereocenters. The van der Waals surface area contributed by atoms with Crippen LogP contribution < -0.4 is 5.32 Å². The summed E-state index contributed by atoms with van der Waals surface area (Å²) in [6, 6.07) is 5.69. The van der Waals surface area contributed by atoms with Gasteiger partial charge >= 0.3 is 6.03 Å². The number of urea groups is 1. The molecule has 0 aliphatic carbocycles. The molecule has 114 valence electrons. The minimum atomic E-state index is -0.172. The highest BCUT2D eigenvalue weighted by Crippen LogP contribution is 2.32. The molecule has 0 radical (unpaired) electrons. The van der Waals surface area contributed by atoms with Crippen LogP contribution in [0.25, 0.3) is 9.53 Å². The molecular weight excluding hydrogens is 316 g/mol. The Balaban J connectivity index is 1.71. The maximum absolute atomic E-state index is 12.4. The molecule has 5 nitrogen and oxygen atoms in total. The molecule has 0 saturated heterocycles. The number of aryl methyl sites for hydroxylation is 1. The van der Waals surface area contributed by atoms with Gasteiger partial charge in [0.1, 0.15) is 4.83 Å². The first-order chi connectivity index (χ1) is 10.5. The molecule has 0 aliphatic heterocycles. The van der Waals surface area contributed by atoms with Crippen LogP contribution >= 0.6 is 22.7 Å². The molecule has 0 saturated carbocycles. The SMILES string of the molecule is Cc1cc2sc(NC(=O)N(C)[C@H](C)c3cccnc3)nc2s1. The number of aromatic nitrogens is 2. The number of rotatable bonds is 3. The molecule has 0 fully saturated rings. The van der Waals surface area contributed by atoms with Crippen molar-refractivity contribution in [2.45, 2.75) is 19.9 Å². The number of hydrogen-bond donors (Lipinski definition) is 1. The number of pyridine rings is 1. The van der Waals surface area contributed by atoms with E-state index in [9.17, 15) is 4.79 Å². The summed E-state index contributed by atoms with van der Waals surface area (Å²) < 4.78 is 1.11. The van der Waals surface area contributed by atoms with E-state index in [-0.39, 0.29) is 12.1 Å². The van der Waals surface area contributed by atoms with Crippen LogP contribution in [0.3, 0.4) is 0 Å². The number of hydrogen-bond acceptors (Lipinski definition) is 5. The molecule has 3 aromatic heterocycles. The number of nitrogens with one attached hydrogen (secondary N) is 1. The van der Waals surface area contributed by atoms with Crippen LogP contribution in [0.2, 0.25) is 0 Å². The van der Waals surface area contributed by atoms with Crippen LogP contribution in [0.15, 0.2) is 30.6 Å². The van der Waals surface area contributed by atoms with Gasteiger partial charge < -0.3 is 4.90 Å². The minimum Gasteiger partial charge on any atom is -0.321 e. The molecule has 22 heavy (non-hydrogen) atoms. The Morgan fingerprint density at radius 2 is 2.23 bits per heavy atom. The highest BCUT2D eigenvalue weighted by atomic mass is 32.1. The molecule has 7 heteroatoms. The fourth-order valence-electron chi connectivity index (χ4n) is 2.10. The van der Waals surface area contributed by atoms with Gasteiger partial charge in [0.25, 0.3) is 0 Å². The molecule has 3 heterocycles. The van der Waals surface area contributed by atoms with Gasteiger partial charge in [-0.2, -0.15) is 0 Å². The second-order valence-electron chi connectivity index (χ2n) is 5.05. The lowest BCUT2D eigenvalue weighted by Gasteiger charge is -2.24. The highest BCUT2D eigenvalue weighted by Gasteiger charge is 2.19. The van der Waals surface area contributed by atoms with E-state index in [4.69, 9.17) is 0 Å². The van der Waals surface area contributed by atoms with Crippen molar-refractivity contribution in [2.24, 2.45) is 0 Å². The van der Waals surface area contributed by atoms with Crippen molar-refractivity contribution in [1.82, 2.24) is 14.9 Å². The van der Waals surface area contributed by atoms with Gasteiger partial charge in [0, 0.05) is 24.3 Å². The first kappa shape index (κ1) is 14.9. The van der Waals surface area contributed by atoms with Crippen molar-refractivity contribution < 1.29 is 4.79 Å². The zero-order valence-electron chi connectivity index (χ0n) is 12.5. The monoisotopic (exact) mass is 332 g/mol. The summed E-state index contributed by atoms with van der Waals surface area (Å²) in [5.74, 6) is 0. The third-order valence-electron chi connectivity index (χ3n) is 3.49. The van der Waals surface area contributed by atoms with Gasteiger partial charge in [-0.15, -0.1) is 11.3 Å². The number of carbonyl (C=O) groups is 1. The molecule has 0 aromatic carbocycles. The molecular formula is C15H16N4OS2. The maximum atomic E-state index is 12.4. The molecule has 3 rings (SSSR count). The third-order valence-corrected chi connectivity index (χ3v) is 5.49. The first-order valence-corrected chi connectivity index (χ1v) is 8.48. The molecule has 3 aromatic rings. The van der Waals surface area contributed by atoms with E-state index < -0.39 is 0 Å². The number of carbonyl (C=O) groups excluding carboxylic acids is 1. The number of amides is 2. The normalized spacial score (nSPS) is 12.3. The predicted molar refractivity (Wildman–Crippen MR) is 91.7 cm³/mol. The van der Waals surface area contributed by atoms with Crippen LogP contribution in [-0.2, 0) is 0 Å². The third kappa shape index (κ3) is 2.95. The number of nitrogens with zero attached hydrogens (tertiary/aromatic N) is 3. The molecule has 0 spiro atoms. The fourth-order valence-corrected chi connectivity index (χ4v) is 4.12. The Morgan fingerprint density at radius 1 is 1.41 bits per heavy atom. The molecule has 0 bridgehead atoms. The Labute approximate surface area is 136 Å². The van der Waals surface area contributed by atoms with Gasteiger partial charge in [0.05, 0.1) is 10.7 Å². The fraction of sp³-hybridized carbons (Fsp3) is 0.267. The van der Waals surface area contributed by atoms with Gasteiger partial charge in [0.2, 0.25) is 0 Å². The standard InChI is InChI=1S/C15H16N4OS2/c1-9-7-12-13(21-9)17-14(22-12)18-15(20)19(3)10(2)11-5-4-6-16-8-11/h4-8,10H,1-3H3,(H,17,18,20)/t10-/m1/s1. The van der Waals surface area contributed by atoms with Crippen molar-refractivity contribution in [2.75, 3.05) is 12.4 Å². The summed E-state index contributed by atoms with van der Waals surface area (Å²) in [4.78, 5) is 24.8. The second kappa shape index (κ2) is 6.02. The van der Waals surface area contributed by atoms with E-state index in [2.05, 4.69) is 28.3 Å². The van der Waals surface area contributed by atoms with Crippen LogP contribution in [0.4, 0.5) is 9.93 Å². The lowest BCUT2D eigenvalue weighted by molar-refractivity contribution is 0.208. The Bertz CT molecular complexity index is 765. The largest absolute Gasteiger partial charge is 0.323 e. The van der Waals surface area contributed by atoms with E-state index in [1.807, 2.05) is 19.1 Å². The first-order valence-electron chi connectivity index (χ1n) is 6.85. The summed E-state index contributed by atoms with van der Waals surface area (Å²) in [7, 11) is 1.77. The molecule has 2 amide bonds. The summed E-state index contributed by atoms with van der Waals surface area (Å²) >= 11 is 3.14. The van der Waals surface area contributed by atoms with Gasteiger partial charge in [-0.05, 0) is 31.5 Å². The minimum absolute atomic E-state index is 0.0583. The number of thiophene rings is 1. The van der Waals surface area contributed by atoms with Gasteiger partial charge in [-0.3, -0.25) is 10.3 Å². The zero-order chi connectivity index (χ0) is 15.7. The quantitative estimate of drug-likeness (QED) is 0.778. The zero-order valence-corrected chi connectivity index (χ0v) is 14.2. The van der Waals surface area contributed by atoms with E-state index in [1.165, 1.54) is 16.2 Å². The van der Waals surface area contributed by atoms with E-state index in [0.29, 0.717) is 5.13 Å². The Kier molecular flexibility index (Phi) is 4.08. The van der Waals surface area contributed by atoms with Gasteiger partial charge in [-0.25, -0.2) is 9.78 Å². The van der Waals surface area contributed by atoms with Gasteiger partial charge in [-0.1, -0.05) is 17.4 Å². The number of fused-ring (bicyclic) bond motifs is 1. The molecule has 1 N–H and O–H groups in total. The molecule has 0 unspecified atom stereocenters. The van der Waals surface area contributed by atoms with Crippen molar-refractivity contribution in [1.29, 1.82) is 0 Å². The lowest BCUT2D eigenvalue weighted by atomic mass is 10.1. The van der Waals surface area contributed by atoms with E-state index in [1.54, 1.807) is 35.7 Å². The number of thiazole rings is 1. The summed E-state index contributed by atoms with van der Waals surface area (Å²) in [5, 5.41) is 3.50. The Morgan fingerprint density at radius 3 is 2.91 bits per heavy atom. The maximum Gasteiger partial charge on any atom is 0.323 e. The Hall–Kier alpha value is -1.99. The number of anilines is 1. The topological polar surface area (TPSA) is 58.1 Å². The van der Waals surface area contributed by atoms with Crippen LogP contribution in [0.5, 0.6) is 0 Å².